The zero-order valence-corrected chi connectivity index (χ0v) is 11.1. The van der Waals surface area contributed by atoms with Crippen molar-refractivity contribution in [1.82, 2.24) is 10.2 Å². The number of aliphatic carboxylic acids is 1. The molecule has 2 unspecified atom stereocenters. The highest BCUT2D eigenvalue weighted by Crippen LogP contribution is 2.40. The first-order valence-electron chi connectivity index (χ1n) is 6.77. The molecular weight excluding hydrogens is 232 g/mol. The number of amides is 2. The van der Waals surface area contributed by atoms with E-state index in [9.17, 15) is 14.7 Å². The van der Waals surface area contributed by atoms with Gasteiger partial charge in [-0.15, -0.1) is 0 Å². The Labute approximate surface area is 108 Å². The van der Waals surface area contributed by atoms with Gasteiger partial charge in [0.2, 0.25) is 0 Å². The third kappa shape index (κ3) is 2.44. The number of carboxylic acid groups (broad SMARTS) is 1. The quantitative estimate of drug-likeness (QED) is 0.802. The van der Waals surface area contributed by atoms with E-state index >= 15 is 0 Å². The summed E-state index contributed by atoms with van der Waals surface area (Å²) in [5, 5.41) is 12.0. The SMILES string of the molecule is CCC1CCN(C(=O)NC(C)(C(=O)O)C2CC2)C1. The van der Waals surface area contributed by atoms with Gasteiger partial charge in [-0.25, -0.2) is 9.59 Å². The molecule has 0 aromatic heterocycles. The number of nitrogens with one attached hydrogen (secondary N) is 1. The molecule has 0 bridgehead atoms. The topological polar surface area (TPSA) is 69.6 Å². The molecule has 2 atom stereocenters. The summed E-state index contributed by atoms with van der Waals surface area (Å²) in [5.74, 6) is -0.277. The first-order chi connectivity index (χ1) is 8.47. The minimum absolute atomic E-state index is 0.0866. The molecule has 0 spiro atoms. The number of nitrogens with zero attached hydrogens (tertiary/aromatic N) is 1. The summed E-state index contributed by atoms with van der Waals surface area (Å²) in [6.45, 7) is 5.24. The van der Waals surface area contributed by atoms with Crippen LogP contribution in [-0.4, -0.2) is 40.6 Å². The average Bonchev–Trinajstić information content (AvgIpc) is 3.07. The molecule has 102 valence electrons. The van der Waals surface area contributed by atoms with Crippen molar-refractivity contribution in [1.29, 1.82) is 0 Å². The number of carboxylic acids is 1. The Morgan fingerprint density at radius 2 is 2.06 bits per heavy atom. The highest BCUT2D eigenvalue weighted by molar-refractivity contribution is 5.86. The minimum Gasteiger partial charge on any atom is -0.480 e. The maximum Gasteiger partial charge on any atom is 0.329 e. The number of likely N-dealkylation sites (tertiary alicyclic amines) is 1. The molecule has 5 nitrogen and oxygen atoms in total. The largest absolute Gasteiger partial charge is 0.480 e. The zero-order chi connectivity index (χ0) is 13.3. The van der Waals surface area contributed by atoms with Crippen molar-refractivity contribution in [2.24, 2.45) is 11.8 Å². The van der Waals surface area contributed by atoms with Gasteiger partial charge in [0.05, 0.1) is 0 Å². The molecule has 2 aliphatic rings. The number of hydrogen-bond acceptors (Lipinski definition) is 2. The smallest absolute Gasteiger partial charge is 0.329 e. The van der Waals surface area contributed by atoms with E-state index in [1.165, 1.54) is 0 Å². The maximum atomic E-state index is 12.1. The van der Waals surface area contributed by atoms with E-state index in [1.807, 2.05) is 0 Å². The normalized spacial score (nSPS) is 26.8. The predicted octanol–water partition coefficient (Wildman–Crippen LogP) is 1.68. The second-order valence-electron chi connectivity index (χ2n) is 5.72. The van der Waals surface area contributed by atoms with Crippen molar-refractivity contribution < 1.29 is 14.7 Å². The molecular formula is C13H22N2O3. The van der Waals surface area contributed by atoms with Crippen molar-refractivity contribution in [2.75, 3.05) is 13.1 Å². The molecule has 1 aliphatic heterocycles. The van der Waals surface area contributed by atoms with Crippen LogP contribution in [0.25, 0.3) is 0 Å². The van der Waals surface area contributed by atoms with Crippen LogP contribution in [0.15, 0.2) is 0 Å². The number of hydrogen-bond donors (Lipinski definition) is 2. The lowest BCUT2D eigenvalue weighted by Gasteiger charge is -2.29. The van der Waals surface area contributed by atoms with Crippen LogP contribution < -0.4 is 5.32 Å². The lowest BCUT2D eigenvalue weighted by Crippen LogP contribution is -2.57. The van der Waals surface area contributed by atoms with Crippen LogP contribution in [0, 0.1) is 11.8 Å². The van der Waals surface area contributed by atoms with Gasteiger partial charge in [0, 0.05) is 13.1 Å². The van der Waals surface area contributed by atoms with Crippen molar-refractivity contribution in [3.8, 4) is 0 Å². The fourth-order valence-electron chi connectivity index (χ4n) is 2.64. The van der Waals surface area contributed by atoms with Gasteiger partial charge in [-0.2, -0.15) is 0 Å². The first-order valence-corrected chi connectivity index (χ1v) is 6.77. The molecule has 5 heteroatoms. The third-order valence-electron chi connectivity index (χ3n) is 4.36. The number of carbonyl (C=O) groups excluding carboxylic acids is 1. The summed E-state index contributed by atoms with van der Waals surface area (Å²) >= 11 is 0. The van der Waals surface area contributed by atoms with E-state index < -0.39 is 11.5 Å². The number of carbonyl (C=O) groups is 2. The van der Waals surface area contributed by atoms with Crippen molar-refractivity contribution in [3.63, 3.8) is 0 Å². The Kier molecular flexibility index (Phi) is 3.50. The van der Waals surface area contributed by atoms with Crippen LogP contribution in [0.3, 0.4) is 0 Å². The van der Waals surface area contributed by atoms with Crippen LogP contribution in [0.4, 0.5) is 4.79 Å². The molecule has 0 aromatic rings. The summed E-state index contributed by atoms with van der Waals surface area (Å²) in [5.41, 5.74) is -1.10. The Balaban J connectivity index is 1.96. The second kappa shape index (κ2) is 4.78. The van der Waals surface area contributed by atoms with Gasteiger partial charge in [-0.1, -0.05) is 13.3 Å². The van der Waals surface area contributed by atoms with E-state index in [2.05, 4.69) is 12.2 Å². The van der Waals surface area contributed by atoms with Gasteiger partial charge in [0.25, 0.3) is 0 Å². The molecule has 1 saturated heterocycles. The summed E-state index contributed by atoms with van der Waals surface area (Å²) in [6.07, 6.45) is 3.88. The Morgan fingerprint density at radius 3 is 2.50 bits per heavy atom. The molecule has 18 heavy (non-hydrogen) atoms. The summed E-state index contributed by atoms with van der Waals surface area (Å²) in [6, 6.07) is -0.220. The van der Waals surface area contributed by atoms with Crippen LogP contribution in [-0.2, 0) is 4.79 Å². The molecule has 2 amide bonds. The zero-order valence-electron chi connectivity index (χ0n) is 11.1. The van der Waals surface area contributed by atoms with E-state index in [-0.39, 0.29) is 11.9 Å². The predicted molar refractivity (Wildman–Crippen MR) is 67.3 cm³/mol. The standard InChI is InChI=1S/C13H22N2O3/c1-3-9-6-7-15(8-9)12(18)14-13(2,11(16)17)10-4-5-10/h9-10H,3-8H2,1-2H3,(H,14,18)(H,16,17). The minimum atomic E-state index is -1.10. The van der Waals surface area contributed by atoms with Gasteiger partial charge in [0.15, 0.2) is 0 Å². The number of urea groups is 1. The highest BCUT2D eigenvalue weighted by atomic mass is 16.4. The monoisotopic (exact) mass is 254 g/mol. The molecule has 2 N–H and O–H groups in total. The molecule has 1 saturated carbocycles. The van der Waals surface area contributed by atoms with Crippen molar-refractivity contribution in [2.45, 2.75) is 45.1 Å². The molecule has 1 aliphatic carbocycles. The van der Waals surface area contributed by atoms with E-state index in [4.69, 9.17) is 0 Å². The van der Waals surface area contributed by atoms with Gasteiger partial charge >= 0.3 is 12.0 Å². The summed E-state index contributed by atoms with van der Waals surface area (Å²) in [7, 11) is 0. The van der Waals surface area contributed by atoms with Crippen LogP contribution in [0.2, 0.25) is 0 Å². The summed E-state index contributed by atoms with van der Waals surface area (Å²) in [4.78, 5) is 25.2. The highest BCUT2D eigenvalue weighted by Gasteiger charge is 2.49. The summed E-state index contributed by atoms with van der Waals surface area (Å²) < 4.78 is 0. The molecule has 2 rings (SSSR count). The Morgan fingerprint density at radius 1 is 1.39 bits per heavy atom. The average molecular weight is 254 g/mol. The molecule has 1 heterocycles. The fraction of sp³-hybridized carbons (Fsp3) is 0.846. The first kappa shape index (κ1) is 13.2. The van der Waals surface area contributed by atoms with Gasteiger partial charge in [0.1, 0.15) is 5.54 Å². The van der Waals surface area contributed by atoms with E-state index in [0.717, 1.165) is 38.8 Å². The molecule has 0 aromatic carbocycles. The third-order valence-corrected chi connectivity index (χ3v) is 4.36. The van der Waals surface area contributed by atoms with Crippen LogP contribution in [0.1, 0.15) is 39.5 Å². The van der Waals surface area contributed by atoms with Crippen molar-refractivity contribution in [3.05, 3.63) is 0 Å². The fourth-order valence-corrected chi connectivity index (χ4v) is 2.64. The van der Waals surface area contributed by atoms with E-state index in [1.54, 1.807) is 11.8 Å². The number of rotatable bonds is 4. The van der Waals surface area contributed by atoms with Crippen molar-refractivity contribution >= 4 is 12.0 Å². The van der Waals surface area contributed by atoms with Gasteiger partial charge in [-0.05, 0) is 38.0 Å². The Bertz CT molecular complexity index is 354. The lowest BCUT2D eigenvalue weighted by molar-refractivity contribution is -0.144. The van der Waals surface area contributed by atoms with Gasteiger partial charge in [-0.3, -0.25) is 0 Å². The van der Waals surface area contributed by atoms with Gasteiger partial charge < -0.3 is 15.3 Å². The lowest BCUT2D eigenvalue weighted by atomic mass is 9.96. The Hall–Kier alpha value is -1.26. The van der Waals surface area contributed by atoms with Crippen LogP contribution in [0.5, 0.6) is 0 Å². The molecule has 0 radical (unpaired) electrons. The van der Waals surface area contributed by atoms with E-state index in [0.29, 0.717) is 5.92 Å². The maximum absolute atomic E-state index is 12.1. The van der Waals surface area contributed by atoms with Crippen LogP contribution >= 0.6 is 0 Å². The molecule has 2 fully saturated rings. The second-order valence-corrected chi connectivity index (χ2v) is 5.72.